The van der Waals surface area contributed by atoms with Crippen molar-refractivity contribution in [3.63, 3.8) is 0 Å². The van der Waals surface area contributed by atoms with Gasteiger partial charge in [0.05, 0.1) is 18.3 Å². The number of rotatable bonds is 5. The average Bonchev–Trinajstić information content (AvgIpc) is 2.99. The van der Waals surface area contributed by atoms with Gasteiger partial charge in [0.25, 0.3) is 0 Å². The predicted molar refractivity (Wildman–Crippen MR) is 102 cm³/mol. The minimum absolute atomic E-state index is 0.130. The fourth-order valence-electron chi connectivity index (χ4n) is 3.62. The van der Waals surface area contributed by atoms with E-state index in [1.165, 1.54) is 18.6 Å². The van der Waals surface area contributed by atoms with E-state index in [0.717, 1.165) is 19.5 Å². The van der Waals surface area contributed by atoms with Gasteiger partial charge < -0.3 is 15.0 Å². The molecule has 27 heavy (non-hydrogen) atoms. The number of ether oxygens (including phenoxy) is 1. The van der Waals surface area contributed by atoms with Gasteiger partial charge in [0, 0.05) is 17.4 Å². The van der Waals surface area contributed by atoms with Crippen LogP contribution in [0.5, 0.6) is 0 Å². The van der Waals surface area contributed by atoms with E-state index in [9.17, 15) is 14.0 Å². The van der Waals surface area contributed by atoms with Crippen LogP contribution in [0.25, 0.3) is 10.9 Å². The highest BCUT2D eigenvalue weighted by Crippen LogP contribution is 2.30. The summed E-state index contributed by atoms with van der Waals surface area (Å²) in [5.41, 5.74) is 0.962. The standard InChI is InChI=1S/C20H26FN3O3/c1-4-27-20(26)18-17(15-10-14(21)7-8-16(15)22-18)23-19(25)13(3)24-9-5-6-12(2)11-24/h7-8,10,12-13,22H,4-6,9,11H2,1-3H3,(H,23,25)/t12-,13-/m1/s1. The number of hydrogen-bond acceptors (Lipinski definition) is 4. The number of carbonyl (C=O) groups excluding carboxylic acids is 2. The van der Waals surface area contributed by atoms with Gasteiger partial charge >= 0.3 is 5.97 Å². The molecule has 6 nitrogen and oxygen atoms in total. The Morgan fingerprint density at radius 3 is 2.93 bits per heavy atom. The molecule has 0 saturated carbocycles. The molecule has 2 aromatic rings. The van der Waals surface area contributed by atoms with Crippen molar-refractivity contribution in [1.29, 1.82) is 0 Å². The second-order valence-corrected chi connectivity index (χ2v) is 7.19. The number of hydrogen-bond donors (Lipinski definition) is 2. The molecule has 0 spiro atoms. The number of carbonyl (C=O) groups is 2. The Morgan fingerprint density at radius 1 is 1.44 bits per heavy atom. The quantitative estimate of drug-likeness (QED) is 0.784. The maximum absolute atomic E-state index is 13.8. The lowest BCUT2D eigenvalue weighted by Crippen LogP contribution is -2.46. The number of aromatic amines is 1. The number of fused-ring (bicyclic) bond motifs is 1. The molecule has 2 atom stereocenters. The Morgan fingerprint density at radius 2 is 2.22 bits per heavy atom. The summed E-state index contributed by atoms with van der Waals surface area (Å²) in [6.07, 6.45) is 2.23. The molecule has 0 unspecified atom stereocenters. The Labute approximate surface area is 158 Å². The zero-order chi connectivity index (χ0) is 19.6. The van der Waals surface area contributed by atoms with Crippen molar-refractivity contribution < 1.29 is 18.7 Å². The summed E-state index contributed by atoms with van der Waals surface area (Å²) in [6, 6.07) is 3.80. The fourth-order valence-corrected chi connectivity index (χ4v) is 3.62. The topological polar surface area (TPSA) is 74.4 Å². The number of H-pyrrole nitrogens is 1. The first kappa shape index (κ1) is 19.4. The largest absolute Gasteiger partial charge is 0.461 e. The summed E-state index contributed by atoms with van der Waals surface area (Å²) in [5.74, 6) is -0.694. The number of amides is 1. The average molecular weight is 375 g/mol. The second-order valence-electron chi connectivity index (χ2n) is 7.19. The summed E-state index contributed by atoms with van der Waals surface area (Å²) < 4.78 is 18.8. The van der Waals surface area contributed by atoms with E-state index in [4.69, 9.17) is 4.74 Å². The summed E-state index contributed by atoms with van der Waals surface area (Å²) in [4.78, 5) is 30.3. The maximum Gasteiger partial charge on any atom is 0.356 e. The van der Waals surface area contributed by atoms with Crippen LogP contribution in [0.2, 0.25) is 0 Å². The van der Waals surface area contributed by atoms with Crippen LogP contribution >= 0.6 is 0 Å². The molecule has 1 aromatic heterocycles. The van der Waals surface area contributed by atoms with Crippen LogP contribution in [-0.4, -0.2) is 47.5 Å². The Balaban J connectivity index is 1.90. The summed E-state index contributed by atoms with van der Waals surface area (Å²) in [7, 11) is 0. The van der Waals surface area contributed by atoms with E-state index < -0.39 is 11.8 Å². The molecular formula is C20H26FN3O3. The molecule has 1 aliphatic heterocycles. The molecule has 1 saturated heterocycles. The molecule has 1 fully saturated rings. The van der Waals surface area contributed by atoms with Gasteiger partial charge in [-0.1, -0.05) is 6.92 Å². The highest BCUT2D eigenvalue weighted by atomic mass is 19.1. The zero-order valence-corrected chi connectivity index (χ0v) is 16.0. The molecule has 1 amide bonds. The highest BCUT2D eigenvalue weighted by molar-refractivity contribution is 6.11. The van der Waals surface area contributed by atoms with Gasteiger partial charge in [-0.25, -0.2) is 9.18 Å². The molecule has 2 N–H and O–H groups in total. The molecule has 7 heteroatoms. The SMILES string of the molecule is CCOC(=O)c1[nH]c2ccc(F)cc2c1NC(=O)[C@@H](C)N1CCC[C@@H](C)C1. The minimum atomic E-state index is -0.580. The normalized spacial score (nSPS) is 19.0. The first-order chi connectivity index (χ1) is 12.9. The van der Waals surface area contributed by atoms with Crippen LogP contribution in [0.4, 0.5) is 10.1 Å². The fraction of sp³-hybridized carbons (Fsp3) is 0.500. The highest BCUT2D eigenvalue weighted by Gasteiger charge is 2.28. The lowest BCUT2D eigenvalue weighted by Gasteiger charge is -2.34. The van der Waals surface area contributed by atoms with Gasteiger partial charge in [-0.2, -0.15) is 0 Å². The third-order valence-corrected chi connectivity index (χ3v) is 5.10. The van der Waals surface area contributed by atoms with Crippen molar-refractivity contribution in [2.45, 2.75) is 39.7 Å². The van der Waals surface area contributed by atoms with Crippen LogP contribution < -0.4 is 5.32 Å². The third-order valence-electron chi connectivity index (χ3n) is 5.10. The molecule has 0 bridgehead atoms. The predicted octanol–water partition coefficient (Wildman–Crippen LogP) is 3.54. The van der Waals surface area contributed by atoms with Gasteiger partial charge in [-0.3, -0.25) is 9.69 Å². The Bertz CT molecular complexity index is 848. The Hall–Kier alpha value is -2.41. The smallest absolute Gasteiger partial charge is 0.356 e. The van der Waals surface area contributed by atoms with Crippen molar-refractivity contribution >= 4 is 28.5 Å². The van der Waals surface area contributed by atoms with Gasteiger partial charge in [0.2, 0.25) is 5.91 Å². The van der Waals surface area contributed by atoms with Crippen LogP contribution in [0, 0.1) is 11.7 Å². The van der Waals surface area contributed by atoms with Crippen molar-refractivity contribution in [3.8, 4) is 0 Å². The second kappa shape index (κ2) is 8.08. The summed E-state index contributed by atoms with van der Waals surface area (Å²) >= 11 is 0. The first-order valence-electron chi connectivity index (χ1n) is 9.44. The number of benzene rings is 1. The minimum Gasteiger partial charge on any atom is -0.461 e. The number of esters is 1. The number of aromatic nitrogens is 1. The molecule has 146 valence electrons. The molecule has 3 rings (SSSR count). The van der Waals surface area contributed by atoms with Gasteiger partial charge in [0.15, 0.2) is 0 Å². The summed E-state index contributed by atoms with van der Waals surface area (Å²) in [6.45, 7) is 7.68. The lowest BCUT2D eigenvalue weighted by atomic mass is 9.99. The number of anilines is 1. The number of likely N-dealkylation sites (tertiary alicyclic amines) is 1. The van der Waals surface area contributed by atoms with Crippen molar-refractivity contribution in [3.05, 3.63) is 29.7 Å². The maximum atomic E-state index is 13.8. The van der Waals surface area contributed by atoms with E-state index in [-0.39, 0.29) is 29.9 Å². The van der Waals surface area contributed by atoms with Crippen LogP contribution in [0.1, 0.15) is 44.1 Å². The molecule has 1 aliphatic rings. The van der Waals surface area contributed by atoms with E-state index in [1.807, 2.05) is 6.92 Å². The van der Waals surface area contributed by atoms with Crippen LogP contribution in [0.3, 0.4) is 0 Å². The van der Waals surface area contributed by atoms with Gasteiger partial charge in [-0.05, 0) is 57.4 Å². The van der Waals surface area contributed by atoms with Gasteiger partial charge in [-0.15, -0.1) is 0 Å². The number of nitrogens with zero attached hydrogens (tertiary/aromatic N) is 1. The third kappa shape index (κ3) is 4.13. The van der Waals surface area contributed by atoms with Crippen molar-refractivity contribution in [2.24, 2.45) is 5.92 Å². The molecule has 1 aromatic carbocycles. The number of halogens is 1. The molecule has 2 heterocycles. The zero-order valence-electron chi connectivity index (χ0n) is 16.0. The van der Waals surface area contributed by atoms with Crippen LogP contribution in [0.15, 0.2) is 18.2 Å². The van der Waals surface area contributed by atoms with Gasteiger partial charge in [0.1, 0.15) is 11.5 Å². The van der Waals surface area contributed by atoms with E-state index in [2.05, 4.69) is 22.1 Å². The number of nitrogens with one attached hydrogen (secondary N) is 2. The van der Waals surface area contributed by atoms with E-state index in [1.54, 1.807) is 13.0 Å². The van der Waals surface area contributed by atoms with E-state index in [0.29, 0.717) is 16.8 Å². The Kier molecular flexibility index (Phi) is 5.79. The van der Waals surface area contributed by atoms with Crippen molar-refractivity contribution in [2.75, 3.05) is 25.0 Å². The van der Waals surface area contributed by atoms with Crippen molar-refractivity contribution in [1.82, 2.24) is 9.88 Å². The summed E-state index contributed by atoms with van der Waals surface area (Å²) in [5, 5.41) is 3.28. The molecular weight excluding hydrogens is 349 g/mol. The van der Waals surface area contributed by atoms with E-state index >= 15 is 0 Å². The number of piperidine rings is 1. The lowest BCUT2D eigenvalue weighted by molar-refractivity contribution is -0.121. The monoisotopic (exact) mass is 375 g/mol. The molecule has 0 aliphatic carbocycles. The molecule has 0 radical (unpaired) electrons. The van der Waals surface area contributed by atoms with Crippen LogP contribution in [-0.2, 0) is 9.53 Å². The first-order valence-corrected chi connectivity index (χ1v) is 9.44.